The Morgan fingerprint density at radius 1 is 1.32 bits per heavy atom. The largest absolute Gasteiger partial charge is 0.479 e. The van der Waals surface area contributed by atoms with Crippen molar-refractivity contribution in [2.75, 3.05) is 19.7 Å². The standard InChI is InChI=1S/C13H21NO5/c1-2-3-9-8-14(6-7-18-9)12(15)10-4-5-11(19-10)13(16)17/h9-11H,2-8H2,1H3,(H,16,17)/t9?,10-,11+/m0/s1. The first-order valence-corrected chi connectivity index (χ1v) is 6.90. The van der Waals surface area contributed by atoms with E-state index in [-0.39, 0.29) is 12.0 Å². The van der Waals surface area contributed by atoms with E-state index in [9.17, 15) is 9.59 Å². The monoisotopic (exact) mass is 271 g/mol. The van der Waals surface area contributed by atoms with Crippen molar-refractivity contribution in [3.05, 3.63) is 0 Å². The minimum absolute atomic E-state index is 0.0897. The number of carboxylic acids is 1. The quantitative estimate of drug-likeness (QED) is 0.812. The van der Waals surface area contributed by atoms with Crippen LogP contribution in [0.2, 0.25) is 0 Å². The molecular formula is C13H21NO5. The van der Waals surface area contributed by atoms with Crippen molar-refractivity contribution in [1.29, 1.82) is 0 Å². The Morgan fingerprint density at radius 3 is 2.68 bits per heavy atom. The number of morpholine rings is 1. The van der Waals surface area contributed by atoms with Gasteiger partial charge >= 0.3 is 5.97 Å². The number of carbonyl (C=O) groups is 2. The Bertz CT molecular complexity index is 344. The summed E-state index contributed by atoms with van der Waals surface area (Å²) in [6.45, 7) is 3.79. The van der Waals surface area contributed by atoms with Crippen LogP contribution < -0.4 is 0 Å². The third kappa shape index (κ3) is 3.45. The summed E-state index contributed by atoms with van der Waals surface area (Å²) in [4.78, 5) is 24.8. The molecule has 6 heteroatoms. The van der Waals surface area contributed by atoms with E-state index in [1.807, 2.05) is 0 Å². The summed E-state index contributed by atoms with van der Waals surface area (Å²) in [7, 11) is 0. The Morgan fingerprint density at radius 2 is 2.05 bits per heavy atom. The molecule has 0 radical (unpaired) electrons. The molecule has 6 nitrogen and oxygen atoms in total. The zero-order valence-corrected chi connectivity index (χ0v) is 11.2. The van der Waals surface area contributed by atoms with E-state index in [0.717, 1.165) is 12.8 Å². The Hall–Kier alpha value is -1.14. The number of ether oxygens (including phenoxy) is 2. The summed E-state index contributed by atoms with van der Waals surface area (Å²) in [6.07, 6.45) is 1.53. The van der Waals surface area contributed by atoms with Gasteiger partial charge in [0.25, 0.3) is 5.91 Å². The van der Waals surface area contributed by atoms with Crippen molar-refractivity contribution in [2.24, 2.45) is 0 Å². The Labute approximate surface area is 112 Å². The Kier molecular flexibility index (Phi) is 4.76. The highest BCUT2D eigenvalue weighted by Gasteiger charge is 2.37. The smallest absolute Gasteiger partial charge is 0.332 e. The highest BCUT2D eigenvalue weighted by atomic mass is 16.5. The molecule has 2 aliphatic heterocycles. The van der Waals surface area contributed by atoms with Gasteiger partial charge in [-0.25, -0.2) is 4.79 Å². The second kappa shape index (κ2) is 6.34. The highest BCUT2D eigenvalue weighted by molar-refractivity contribution is 5.82. The number of nitrogens with zero attached hydrogens (tertiary/aromatic N) is 1. The van der Waals surface area contributed by atoms with Crippen molar-refractivity contribution < 1.29 is 24.2 Å². The molecule has 0 aromatic rings. The maximum atomic E-state index is 12.3. The Balaban J connectivity index is 1.87. The summed E-state index contributed by atoms with van der Waals surface area (Å²) >= 11 is 0. The number of carbonyl (C=O) groups excluding carboxylic acids is 1. The third-order valence-corrected chi connectivity index (χ3v) is 3.63. The first-order chi connectivity index (χ1) is 9.11. The highest BCUT2D eigenvalue weighted by Crippen LogP contribution is 2.23. The molecule has 1 unspecified atom stereocenters. The SMILES string of the molecule is CCCC1CN(C(=O)[C@@H]2CC[C@H](C(=O)O)O2)CCO1. The molecule has 19 heavy (non-hydrogen) atoms. The first kappa shape index (κ1) is 14.3. The zero-order chi connectivity index (χ0) is 13.8. The lowest BCUT2D eigenvalue weighted by Crippen LogP contribution is -2.49. The van der Waals surface area contributed by atoms with Crippen molar-refractivity contribution >= 4 is 11.9 Å². The fourth-order valence-corrected chi connectivity index (χ4v) is 2.62. The van der Waals surface area contributed by atoms with Crippen LogP contribution in [0.25, 0.3) is 0 Å². The van der Waals surface area contributed by atoms with Gasteiger partial charge in [0.15, 0.2) is 6.10 Å². The normalized spacial score (nSPS) is 31.4. The number of hydrogen-bond donors (Lipinski definition) is 1. The van der Waals surface area contributed by atoms with Crippen LogP contribution in [0, 0.1) is 0 Å². The second-order valence-electron chi connectivity index (χ2n) is 5.09. The molecule has 108 valence electrons. The number of carboxylic acid groups (broad SMARTS) is 1. The molecule has 2 rings (SSSR count). The van der Waals surface area contributed by atoms with Gasteiger partial charge < -0.3 is 19.5 Å². The summed E-state index contributed by atoms with van der Waals surface area (Å²) in [5.74, 6) is -1.07. The molecule has 2 saturated heterocycles. The van der Waals surface area contributed by atoms with Gasteiger partial charge in [-0.3, -0.25) is 4.79 Å². The molecule has 2 heterocycles. The lowest BCUT2D eigenvalue weighted by molar-refractivity contribution is -0.158. The summed E-state index contributed by atoms with van der Waals surface area (Å²) in [5, 5.41) is 8.87. The maximum absolute atomic E-state index is 12.3. The van der Waals surface area contributed by atoms with Crippen LogP contribution in [0.3, 0.4) is 0 Å². The van der Waals surface area contributed by atoms with E-state index in [4.69, 9.17) is 14.6 Å². The van der Waals surface area contributed by atoms with Gasteiger partial charge in [-0.15, -0.1) is 0 Å². The van der Waals surface area contributed by atoms with E-state index in [0.29, 0.717) is 32.5 Å². The van der Waals surface area contributed by atoms with E-state index in [2.05, 4.69) is 6.92 Å². The zero-order valence-electron chi connectivity index (χ0n) is 11.2. The number of hydrogen-bond acceptors (Lipinski definition) is 4. The van der Waals surface area contributed by atoms with Crippen LogP contribution in [-0.4, -0.2) is 59.9 Å². The summed E-state index contributed by atoms with van der Waals surface area (Å²) in [5.41, 5.74) is 0. The molecule has 1 N–H and O–H groups in total. The molecular weight excluding hydrogens is 250 g/mol. The van der Waals surface area contributed by atoms with Crippen LogP contribution in [0.15, 0.2) is 0 Å². The predicted molar refractivity (Wildman–Crippen MR) is 66.8 cm³/mol. The lowest BCUT2D eigenvalue weighted by Gasteiger charge is -2.34. The maximum Gasteiger partial charge on any atom is 0.332 e. The molecule has 0 spiro atoms. The van der Waals surface area contributed by atoms with Crippen molar-refractivity contribution in [1.82, 2.24) is 4.90 Å². The van der Waals surface area contributed by atoms with Crippen molar-refractivity contribution in [3.8, 4) is 0 Å². The molecule has 2 aliphatic rings. The van der Waals surface area contributed by atoms with Crippen LogP contribution in [0.5, 0.6) is 0 Å². The summed E-state index contributed by atoms with van der Waals surface area (Å²) in [6, 6.07) is 0. The number of amides is 1. The summed E-state index contributed by atoms with van der Waals surface area (Å²) < 4.78 is 10.9. The van der Waals surface area contributed by atoms with Crippen molar-refractivity contribution in [3.63, 3.8) is 0 Å². The molecule has 0 aliphatic carbocycles. The van der Waals surface area contributed by atoms with E-state index >= 15 is 0 Å². The van der Waals surface area contributed by atoms with E-state index in [1.54, 1.807) is 4.90 Å². The van der Waals surface area contributed by atoms with Gasteiger partial charge in [-0.1, -0.05) is 13.3 Å². The molecule has 0 aromatic heterocycles. The van der Waals surface area contributed by atoms with Crippen molar-refractivity contribution in [2.45, 2.75) is 50.9 Å². The predicted octanol–water partition coefficient (Wildman–Crippen LogP) is 0.646. The van der Waals surface area contributed by atoms with Crippen LogP contribution in [0.1, 0.15) is 32.6 Å². The van der Waals surface area contributed by atoms with Gasteiger partial charge in [0.1, 0.15) is 6.10 Å². The second-order valence-corrected chi connectivity index (χ2v) is 5.09. The fraction of sp³-hybridized carbons (Fsp3) is 0.846. The van der Waals surface area contributed by atoms with Crippen LogP contribution >= 0.6 is 0 Å². The molecule has 3 atom stereocenters. The molecule has 2 fully saturated rings. The average Bonchev–Trinajstić information content (AvgIpc) is 2.88. The lowest BCUT2D eigenvalue weighted by atomic mass is 10.1. The fourth-order valence-electron chi connectivity index (χ4n) is 2.62. The first-order valence-electron chi connectivity index (χ1n) is 6.90. The van der Waals surface area contributed by atoms with Gasteiger partial charge in [-0.05, 0) is 19.3 Å². The van der Waals surface area contributed by atoms with Gasteiger partial charge in [0.05, 0.1) is 12.7 Å². The minimum atomic E-state index is -0.985. The van der Waals surface area contributed by atoms with Gasteiger partial charge in [0, 0.05) is 13.1 Å². The van der Waals surface area contributed by atoms with Crippen LogP contribution in [0.4, 0.5) is 0 Å². The van der Waals surface area contributed by atoms with E-state index < -0.39 is 18.2 Å². The third-order valence-electron chi connectivity index (χ3n) is 3.63. The number of rotatable bonds is 4. The molecule has 0 saturated carbocycles. The van der Waals surface area contributed by atoms with Gasteiger partial charge in [0.2, 0.25) is 0 Å². The number of aliphatic carboxylic acids is 1. The van der Waals surface area contributed by atoms with Crippen LogP contribution in [-0.2, 0) is 19.1 Å². The van der Waals surface area contributed by atoms with E-state index in [1.165, 1.54) is 0 Å². The molecule has 1 amide bonds. The average molecular weight is 271 g/mol. The molecule has 0 aromatic carbocycles. The molecule has 0 bridgehead atoms. The minimum Gasteiger partial charge on any atom is -0.479 e. The topological polar surface area (TPSA) is 76.1 Å². The van der Waals surface area contributed by atoms with Gasteiger partial charge in [-0.2, -0.15) is 0 Å².